The number of fused-ring (bicyclic) bond motifs is 6. The van der Waals surface area contributed by atoms with Gasteiger partial charge in [-0.25, -0.2) is 19.9 Å². The van der Waals surface area contributed by atoms with E-state index in [0.29, 0.717) is 5.82 Å². The predicted molar refractivity (Wildman–Crippen MR) is 359 cm³/mol. The molecule has 0 unspecified atom stereocenters. The summed E-state index contributed by atoms with van der Waals surface area (Å²) in [5.41, 5.74) is 20.8. The summed E-state index contributed by atoms with van der Waals surface area (Å²) in [6.07, 6.45) is 0. The van der Waals surface area contributed by atoms with Crippen LogP contribution in [-0.2, 0) is 0 Å². The van der Waals surface area contributed by atoms with E-state index in [2.05, 4.69) is 249 Å². The van der Waals surface area contributed by atoms with Gasteiger partial charge in [-0.3, -0.25) is 0 Å². The Labute approximate surface area is 502 Å². The molecular formula is C80H52N4OS. The Hall–Kier alpha value is -11.2. The highest BCUT2D eigenvalue weighted by Crippen LogP contribution is 2.46. The number of nitrogens with zero attached hydrogens (tertiary/aromatic N) is 4. The quantitative estimate of drug-likeness (QED) is 0.137. The van der Waals surface area contributed by atoms with Gasteiger partial charge in [0, 0.05) is 58.8 Å². The molecule has 16 aromatic rings. The number of benzene rings is 12. The zero-order valence-electron chi connectivity index (χ0n) is 46.6. The maximum absolute atomic E-state index is 6.60. The molecular weight excluding hydrogens is 1060 g/mol. The topological polar surface area (TPSA) is 64.7 Å². The normalized spacial score (nSPS) is 11.3. The number of para-hydroxylation sites is 1. The van der Waals surface area contributed by atoms with Gasteiger partial charge < -0.3 is 4.42 Å². The highest BCUT2D eigenvalue weighted by molar-refractivity contribution is 7.26. The van der Waals surface area contributed by atoms with Crippen molar-refractivity contribution in [3.8, 4) is 112 Å². The van der Waals surface area contributed by atoms with E-state index in [1.165, 1.54) is 53.6 Å². The van der Waals surface area contributed by atoms with E-state index in [1.54, 1.807) is 0 Å². The lowest BCUT2D eigenvalue weighted by Gasteiger charge is -2.12. The van der Waals surface area contributed by atoms with E-state index in [9.17, 15) is 0 Å². The van der Waals surface area contributed by atoms with Crippen molar-refractivity contribution in [2.75, 3.05) is 0 Å². The van der Waals surface area contributed by atoms with Gasteiger partial charge >= 0.3 is 0 Å². The van der Waals surface area contributed by atoms with E-state index in [0.717, 1.165) is 95.0 Å². The van der Waals surface area contributed by atoms with E-state index in [1.807, 2.05) is 78.1 Å². The van der Waals surface area contributed by atoms with Crippen LogP contribution in [0.4, 0.5) is 0 Å². The number of aromatic nitrogens is 4. The third-order valence-corrected chi connectivity index (χ3v) is 17.1. The molecule has 0 fully saturated rings. The second-order valence-electron chi connectivity index (χ2n) is 21.2. The largest absolute Gasteiger partial charge is 0.455 e. The van der Waals surface area contributed by atoms with Crippen molar-refractivity contribution in [2.45, 2.75) is 0 Å². The minimum atomic E-state index is 0.634. The van der Waals surface area contributed by atoms with Gasteiger partial charge in [-0.15, -0.1) is 11.3 Å². The van der Waals surface area contributed by atoms with Gasteiger partial charge in [-0.2, -0.15) is 0 Å². The van der Waals surface area contributed by atoms with Crippen LogP contribution in [0.3, 0.4) is 0 Å². The molecule has 404 valence electrons. The fourth-order valence-corrected chi connectivity index (χ4v) is 12.8. The van der Waals surface area contributed by atoms with E-state index >= 15 is 0 Å². The van der Waals surface area contributed by atoms with Crippen molar-refractivity contribution in [3.05, 3.63) is 315 Å². The van der Waals surface area contributed by atoms with Crippen molar-refractivity contribution < 1.29 is 4.42 Å². The second-order valence-corrected chi connectivity index (χ2v) is 22.3. The summed E-state index contributed by atoms with van der Waals surface area (Å²) in [7, 11) is 0. The molecule has 0 saturated heterocycles. The van der Waals surface area contributed by atoms with Gasteiger partial charge in [0.05, 0.1) is 28.3 Å². The van der Waals surface area contributed by atoms with E-state index in [4.69, 9.17) is 24.4 Å². The van der Waals surface area contributed by atoms with Crippen LogP contribution in [-0.4, -0.2) is 19.9 Å². The van der Waals surface area contributed by atoms with Crippen LogP contribution < -0.4 is 0 Å². The molecule has 0 atom stereocenters. The van der Waals surface area contributed by atoms with Crippen molar-refractivity contribution in [1.82, 2.24) is 19.9 Å². The molecule has 0 aliphatic carbocycles. The summed E-state index contributed by atoms with van der Waals surface area (Å²) in [4.78, 5) is 20.5. The first kappa shape index (κ1) is 51.7. The third kappa shape index (κ3) is 10.1. The summed E-state index contributed by atoms with van der Waals surface area (Å²) in [6, 6.07) is 110. The molecule has 0 bridgehead atoms. The number of rotatable bonds is 10. The van der Waals surface area contributed by atoms with Gasteiger partial charge in [-0.05, 0) is 80.9 Å². The van der Waals surface area contributed by atoms with Crippen LogP contribution in [0, 0.1) is 0 Å². The van der Waals surface area contributed by atoms with Gasteiger partial charge in [-0.1, -0.05) is 279 Å². The molecule has 86 heavy (non-hydrogen) atoms. The molecule has 4 aromatic heterocycles. The predicted octanol–water partition coefficient (Wildman–Crippen LogP) is 21.9. The fourth-order valence-electron chi connectivity index (χ4n) is 11.6. The molecule has 0 N–H and O–H groups in total. The number of hydrogen-bond acceptors (Lipinski definition) is 6. The molecule has 6 heteroatoms. The average molecular weight is 1120 g/mol. The number of furan rings is 1. The summed E-state index contributed by atoms with van der Waals surface area (Å²) in [6.45, 7) is 0. The Morgan fingerprint density at radius 2 is 0.570 bits per heavy atom. The zero-order chi connectivity index (χ0) is 57.2. The fraction of sp³-hybridized carbons (Fsp3) is 0. The van der Waals surface area contributed by atoms with E-state index < -0.39 is 0 Å². The van der Waals surface area contributed by atoms with Crippen LogP contribution in [0.15, 0.2) is 320 Å². The van der Waals surface area contributed by atoms with E-state index in [-0.39, 0.29) is 0 Å². The maximum Gasteiger partial charge on any atom is 0.164 e. The summed E-state index contributed by atoms with van der Waals surface area (Å²) in [5.74, 6) is 1.37. The molecule has 0 amide bonds. The SMILES string of the molecule is c1ccc(-c2ccc(-c3ccc(-c4nc(-c5ccccc5)cc(-c5ccccc5)n4)c4oc5ccccc5c34)cc2)cc1.c1ccc(-c2ccc(-c3ccc(-c4nc(-c5ccccc5)cc(-c5ccccc5)n4)c4sc5ccccc5c34)cc2)cc1. The maximum atomic E-state index is 6.60. The Balaban J connectivity index is 0.000000145. The molecule has 0 aliphatic rings. The number of thiophene rings is 1. The summed E-state index contributed by atoms with van der Waals surface area (Å²) in [5, 5.41) is 4.65. The van der Waals surface area contributed by atoms with Crippen LogP contribution >= 0.6 is 11.3 Å². The smallest absolute Gasteiger partial charge is 0.164 e. The first-order valence-corrected chi connectivity index (χ1v) is 29.7. The third-order valence-electron chi connectivity index (χ3n) is 15.9. The lowest BCUT2D eigenvalue weighted by molar-refractivity contribution is 0.669. The first-order chi connectivity index (χ1) is 42.6. The number of hydrogen-bond donors (Lipinski definition) is 0. The van der Waals surface area contributed by atoms with Crippen molar-refractivity contribution >= 4 is 53.4 Å². The Morgan fingerprint density at radius 1 is 0.244 bits per heavy atom. The molecule has 12 aromatic carbocycles. The average Bonchev–Trinajstić information content (AvgIpc) is 2.44. The molecule has 0 radical (unpaired) electrons. The minimum absolute atomic E-state index is 0.634. The highest BCUT2D eigenvalue weighted by atomic mass is 32.1. The molecule has 4 heterocycles. The highest BCUT2D eigenvalue weighted by Gasteiger charge is 2.22. The van der Waals surface area contributed by atoms with Crippen LogP contribution in [0.25, 0.3) is 154 Å². The van der Waals surface area contributed by atoms with Gasteiger partial charge in [0.2, 0.25) is 0 Å². The van der Waals surface area contributed by atoms with Gasteiger partial charge in [0.15, 0.2) is 11.6 Å². The summed E-state index contributed by atoms with van der Waals surface area (Å²) >= 11 is 1.82. The minimum Gasteiger partial charge on any atom is -0.455 e. The molecule has 16 rings (SSSR count). The van der Waals surface area contributed by atoms with Crippen molar-refractivity contribution in [2.24, 2.45) is 0 Å². The molecule has 0 spiro atoms. The van der Waals surface area contributed by atoms with Crippen molar-refractivity contribution in [3.63, 3.8) is 0 Å². The van der Waals surface area contributed by atoms with Gasteiger partial charge in [0.25, 0.3) is 0 Å². The Kier molecular flexibility index (Phi) is 13.7. The van der Waals surface area contributed by atoms with Crippen LogP contribution in [0.1, 0.15) is 0 Å². The van der Waals surface area contributed by atoms with Crippen molar-refractivity contribution in [1.29, 1.82) is 0 Å². The van der Waals surface area contributed by atoms with Crippen LogP contribution in [0.2, 0.25) is 0 Å². The van der Waals surface area contributed by atoms with Gasteiger partial charge in [0.1, 0.15) is 11.2 Å². The second kappa shape index (κ2) is 22.9. The standard InChI is InChI=1S/C40H26N2O.C40H26N2S/c2*1-4-12-27(13-5-1)28-20-22-29(23-21-28)32-24-25-34(39-38(32)33-18-10-11-19-37(33)43-39)40-41-35(30-14-6-2-7-15-30)26-36(42-40)31-16-8-3-9-17-31/h2*1-26H. The Bertz CT molecular complexity index is 4610. The summed E-state index contributed by atoms with van der Waals surface area (Å²) < 4.78 is 9.07. The Morgan fingerprint density at radius 3 is 1.02 bits per heavy atom. The molecule has 5 nitrogen and oxygen atoms in total. The first-order valence-electron chi connectivity index (χ1n) is 28.8. The monoisotopic (exact) mass is 1120 g/mol. The van der Waals surface area contributed by atoms with Crippen LogP contribution in [0.5, 0.6) is 0 Å². The lowest BCUT2D eigenvalue weighted by atomic mass is 9.95. The lowest BCUT2D eigenvalue weighted by Crippen LogP contribution is -1.96. The molecule has 0 aliphatic heterocycles. The zero-order valence-corrected chi connectivity index (χ0v) is 47.4. The molecule has 0 saturated carbocycles.